The number of methoxy groups -OCH3 is 3. The van der Waals surface area contributed by atoms with Crippen LogP contribution in [0.2, 0.25) is 0 Å². The lowest BCUT2D eigenvalue weighted by atomic mass is 9.70. The van der Waals surface area contributed by atoms with Crippen LogP contribution in [0.15, 0.2) is 53.8 Å². The van der Waals surface area contributed by atoms with E-state index in [-0.39, 0.29) is 23.5 Å². The van der Waals surface area contributed by atoms with Crippen LogP contribution < -0.4 is 24.3 Å². The van der Waals surface area contributed by atoms with E-state index < -0.39 is 5.72 Å². The summed E-state index contributed by atoms with van der Waals surface area (Å²) in [7, 11) is 4.63. The number of para-hydroxylation sites is 1. The molecule has 172 valence electrons. The molecule has 0 aromatic heterocycles. The molecule has 1 aliphatic carbocycles. The molecule has 2 fully saturated rings. The number of hydrogen-bond acceptors (Lipinski definition) is 6. The smallest absolute Gasteiger partial charge is 0.254 e. The van der Waals surface area contributed by atoms with Gasteiger partial charge >= 0.3 is 0 Å². The van der Waals surface area contributed by atoms with Gasteiger partial charge in [-0.25, -0.2) is 0 Å². The number of nitrogens with one attached hydrogen (secondary N) is 1. The first-order valence-electron chi connectivity index (χ1n) is 11.0. The van der Waals surface area contributed by atoms with Gasteiger partial charge in [0.2, 0.25) is 5.75 Å². The van der Waals surface area contributed by atoms with E-state index in [2.05, 4.69) is 5.32 Å². The Morgan fingerprint density at radius 2 is 1.91 bits per heavy atom. The minimum atomic E-state index is -0.698. The van der Waals surface area contributed by atoms with Gasteiger partial charge in [0.15, 0.2) is 17.2 Å². The molecule has 2 N–H and O–H groups in total. The van der Waals surface area contributed by atoms with Gasteiger partial charge in [-0.15, -0.1) is 0 Å². The molecule has 1 saturated heterocycles. The van der Waals surface area contributed by atoms with Crippen molar-refractivity contribution in [3.63, 3.8) is 0 Å². The van der Waals surface area contributed by atoms with Crippen molar-refractivity contribution in [2.24, 2.45) is 5.92 Å². The molecule has 2 bridgehead atoms. The van der Waals surface area contributed by atoms with E-state index in [4.69, 9.17) is 18.9 Å². The van der Waals surface area contributed by atoms with Crippen molar-refractivity contribution in [3.05, 3.63) is 64.9 Å². The van der Waals surface area contributed by atoms with Gasteiger partial charge in [0.25, 0.3) is 5.91 Å². The van der Waals surface area contributed by atoms with Crippen molar-refractivity contribution in [2.75, 3.05) is 21.3 Å². The maximum absolute atomic E-state index is 13.2. The molecule has 2 heterocycles. The third kappa shape index (κ3) is 3.22. The third-order valence-electron chi connectivity index (χ3n) is 6.92. The number of amides is 1. The summed E-state index contributed by atoms with van der Waals surface area (Å²) >= 11 is 0. The first kappa shape index (κ1) is 21.2. The van der Waals surface area contributed by atoms with Gasteiger partial charge in [0.1, 0.15) is 11.5 Å². The monoisotopic (exact) mass is 449 g/mol. The zero-order valence-corrected chi connectivity index (χ0v) is 18.9. The SMILES string of the molecule is COc1ccc(/C=C/C(O)=C2/C(=O)NC34CCCC3C2c2ccccc2O4)c(OC)c1OC. The van der Waals surface area contributed by atoms with Gasteiger partial charge in [0.05, 0.1) is 26.9 Å². The number of carbonyl (C=O) groups is 1. The topological polar surface area (TPSA) is 86.3 Å². The lowest BCUT2D eigenvalue weighted by Crippen LogP contribution is -2.63. The number of aliphatic hydroxyl groups is 1. The molecular formula is C26H27NO6. The first-order chi connectivity index (χ1) is 16.0. The van der Waals surface area contributed by atoms with Crippen LogP contribution in [0.4, 0.5) is 0 Å². The molecule has 0 spiro atoms. The van der Waals surface area contributed by atoms with E-state index in [1.54, 1.807) is 38.5 Å². The number of rotatable bonds is 5. The second kappa shape index (κ2) is 8.06. The number of fused-ring (bicyclic) bond motifs is 2. The average molecular weight is 450 g/mol. The number of hydrogen-bond donors (Lipinski definition) is 2. The number of aliphatic hydroxyl groups excluding tert-OH is 1. The summed E-state index contributed by atoms with van der Waals surface area (Å²) in [5.41, 5.74) is 1.29. The van der Waals surface area contributed by atoms with Gasteiger partial charge in [0, 0.05) is 29.4 Å². The third-order valence-corrected chi connectivity index (χ3v) is 6.92. The fourth-order valence-corrected chi connectivity index (χ4v) is 5.54. The molecule has 7 nitrogen and oxygen atoms in total. The van der Waals surface area contributed by atoms with E-state index in [1.807, 2.05) is 24.3 Å². The van der Waals surface area contributed by atoms with Crippen LogP contribution in [-0.4, -0.2) is 38.1 Å². The molecule has 2 aromatic rings. The van der Waals surface area contributed by atoms with Crippen molar-refractivity contribution in [1.29, 1.82) is 0 Å². The van der Waals surface area contributed by atoms with Crippen LogP contribution in [0.1, 0.15) is 36.3 Å². The van der Waals surface area contributed by atoms with Crippen molar-refractivity contribution in [3.8, 4) is 23.0 Å². The van der Waals surface area contributed by atoms with E-state index in [0.717, 1.165) is 30.6 Å². The second-order valence-electron chi connectivity index (χ2n) is 8.52. The molecule has 3 atom stereocenters. The summed E-state index contributed by atoms with van der Waals surface area (Å²) in [6.45, 7) is 0. The summed E-state index contributed by atoms with van der Waals surface area (Å²) in [6, 6.07) is 11.3. The maximum Gasteiger partial charge on any atom is 0.254 e. The Hall–Kier alpha value is -3.61. The van der Waals surface area contributed by atoms with E-state index in [9.17, 15) is 9.90 Å². The normalized spacial score (nSPS) is 26.7. The van der Waals surface area contributed by atoms with Crippen LogP contribution in [0.5, 0.6) is 23.0 Å². The lowest BCUT2D eigenvalue weighted by molar-refractivity contribution is -0.132. The van der Waals surface area contributed by atoms with Crippen LogP contribution in [-0.2, 0) is 4.79 Å². The quantitative estimate of drug-likeness (QED) is 0.522. The minimum Gasteiger partial charge on any atom is -0.507 e. The largest absolute Gasteiger partial charge is 0.507 e. The first-order valence-corrected chi connectivity index (χ1v) is 11.0. The Labute approximate surface area is 192 Å². The lowest BCUT2D eigenvalue weighted by Gasteiger charge is -2.49. The second-order valence-corrected chi connectivity index (χ2v) is 8.52. The van der Waals surface area contributed by atoms with Gasteiger partial charge in [-0.2, -0.15) is 0 Å². The molecule has 33 heavy (non-hydrogen) atoms. The van der Waals surface area contributed by atoms with Crippen molar-refractivity contribution < 1.29 is 28.8 Å². The van der Waals surface area contributed by atoms with Crippen molar-refractivity contribution in [2.45, 2.75) is 30.9 Å². The highest BCUT2D eigenvalue weighted by Crippen LogP contribution is 2.57. The van der Waals surface area contributed by atoms with Crippen LogP contribution in [0.25, 0.3) is 6.08 Å². The number of piperidine rings is 1. The van der Waals surface area contributed by atoms with Crippen LogP contribution in [0, 0.1) is 5.92 Å². The number of ether oxygens (including phenoxy) is 4. The average Bonchev–Trinajstić information content (AvgIpc) is 3.25. The summed E-state index contributed by atoms with van der Waals surface area (Å²) in [6.07, 6.45) is 5.89. The number of allylic oxidation sites excluding steroid dienone is 1. The predicted molar refractivity (Wildman–Crippen MR) is 123 cm³/mol. The number of carbonyl (C=O) groups excluding carboxylic acids is 1. The highest BCUT2D eigenvalue weighted by Gasteiger charge is 2.59. The molecule has 1 saturated carbocycles. The Balaban J connectivity index is 1.59. The molecule has 1 amide bonds. The highest BCUT2D eigenvalue weighted by molar-refractivity contribution is 5.98. The van der Waals surface area contributed by atoms with Gasteiger partial charge < -0.3 is 29.4 Å². The van der Waals surface area contributed by atoms with E-state index >= 15 is 0 Å². The zero-order chi connectivity index (χ0) is 23.2. The summed E-state index contributed by atoms with van der Waals surface area (Å²) in [4.78, 5) is 13.2. The molecular weight excluding hydrogens is 422 g/mol. The summed E-state index contributed by atoms with van der Waals surface area (Å²) < 4.78 is 22.6. The Morgan fingerprint density at radius 1 is 1.12 bits per heavy atom. The van der Waals surface area contributed by atoms with Gasteiger partial charge in [-0.05, 0) is 43.2 Å². The molecule has 7 heteroatoms. The summed E-state index contributed by atoms with van der Waals surface area (Å²) in [5.74, 6) is 1.70. The van der Waals surface area contributed by atoms with Crippen LogP contribution in [0.3, 0.4) is 0 Å². The Morgan fingerprint density at radius 3 is 2.67 bits per heavy atom. The maximum atomic E-state index is 13.2. The Bertz CT molecular complexity index is 1170. The van der Waals surface area contributed by atoms with E-state index in [1.165, 1.54) is 7.11 Å². The standard InChI is InChI=1S/C26H27NO6/c1-30-20-13-11-15(23(31-2)24(20)32-3)10-12-18(28)22-21-16-7-4-5-9-19(16)33-26(27-25(22)29)14-6-8-17(21)26/h4-5,7,9-13,17,21,28H,6,8,14H2,1-3H3,(H,27,29)/b12-10+,22-18-. The fraction of sp³-hybridized carbons (Fsp3) is 0.346. The fourth-order valence-electron chi connectivity index (χ4n) is 5.54. The van der Waals surface area contributed by atoms with Crippen molar-refractivity contribution in [1.82, 2.24) is 5.32 Å². The summed E-state index contributed by atoms with van der Waals surface area (Å²) in [5, 5.41) is 14.2. The van der Waals surface area contributed by atoms with E-state index in [0.29, 0.717) is 28.4 Å². The van der Waals surface area contributed by atoms with Crippen LogP contribution >= 0.6 is 0 Å². The number of benzene rings is 2. The molecule has 5 rings (SSSR count). The van der Waals surface area contributed by atoms with Gasteiger partial charge in [-0.1, -0.05) is 18.2 Å². The molecule has 3 aliphatic rings. The minimum absolute atomic E-state index is 0.0752. The Kier molecular flexibility index (Phi) is 5.19. The molecule has 0 radical (unpaired) electrons. The van der Waals surface area contributed by atoms with Gasteiger partial charge in [-0.3, -0.25) is 4.79 Å². The molecule has 3 unspecified atom stereocenters. The molecule has 2 aliphatic heterocycles. The molecule has 2 aromatic carbocycles. The van der Waals surface area contributed by atoms with Crippen molar-refractivity contribution >= 4 is 12.0 Å². The highest BCUT2D eigenvalue weighted by atomic mass is 16.5. The predicted octanol–water partition coefficient (Wildman–Crippen LogP) is 4.34. The zero-order valence-electron chi connectivity index (χ0n) is 18.9.